The summed E-state index contributed by atoms with van der Waals surface area (Å²) < 4.78 is 2.13. The number of piperazine rings is 1. The van der Waals surface area contributed by atoms with Gasteiger partial charge in [-0.1, -0.05) is 13.8 Å². The Kier molecular flexibility index (Phi) is 3.36. The van der Waals surface area contributed by atoms with Crippen molar-refractivity contribution in [2.24, 2.45) is 13.0 Å². The molecule has 3 nitrogen and oxygen atoms in total. The van der Waals surface area contributed by atoms with Gasteiger partial charge in [0.25, 0.3) is 0 Å². The molecule has 1 N–H and O–H groups in total. The Morgan fingerprint density at radius 1 is 1.31 bits per heavy atom. The van der Waals surface area contributed by atoms with Gasteiger partial charge in [-0.25, -0.2) is 0 Å². The maximum Gasteiger partial charge on any atom is 0.0488 e. The Morgan fingerprint density at radius 3 is 2.62 bits per heavy atom. The zero-order valence-electron chi connectivity index (χ0n) is 10.8. The van der Waals surface area contributed by atoms with Crippen LogP contribution in [0.25, 0.3) is 0 Å². The van der Waals surface area contributed by atoms with Gasteiger partial charge in [0.1, 0.15) is 0 Å². The first-order chi connectivity index (χ1) is 7.59. The summed E-state index contributed by atoms with van der Waals surface area (Å²) in [6.45, 7) is 6.77. The second kappa shape index (κ2) is 4.60. The van der Waals surface area contributed by atoms with Crippen LogP contribution in [0.15, 0.2) is 18.5 Å². The van der Waals surface area contributed by atoms with E-state index in [1.807, 2.05) is 0 Å². The van der Waals surface area contributed by atoms with E-state index in [1.165, 1.54) is 5.56 Å². The van der Waals surface area contributed by atoms with E-state index in [0.29, 0.717) is 18.0 Å². The maximum atomic E-state index is 3.55. The standard InChI is InChI=1S/C13H23N3/c1-10(2)12-7-14-8-13(16(12)4)11-5-6-15(3)9-11/h5-6,9-10,12-14H,7-8H2,1-4H3/t12-,13?/m1/s1. The van der Waals surface area contributed by atoms with Crippen LogP contribution in [0.5, 0.6) is 0 Å². The lowest BCUT2D eigenvalue weighted by Crippen LogP contribution is -2.53. The van der Waals surface area contributed by atoms with Gasteiger partial charge in [-0.2, -0.15) is 0 Å². The SMILES string of the molecule is CC(C)[C@H]1CNCC(c2ccn(C)c2)N1C. The van der Waals surface area contributed by atoms with Crippen molar-refractivity contribution in [2.75, 3.05) is 20.1 Å². The number of hydrogen-bond donors (Lipinski definition) is 1. The predicted molar refractivity (Wildman–Crippen MR) is 67.4 cm³/mol. The summed E-state index contributed by atoms with van der Waals surface area (Å²) in [5.41, 5.74) is 1.42. The van der Waals surface area contributed by atoms with Crippen molar-refractivity contribution in [2.45, 2.75) is 25.9 Å². The molecule has 1 saturated heterocycles. The van der Waals surface area contributed by atoms with Gasteiger partial charge < -0.3 is 9.88 Å². The molecule has 2 heterocycles. The summed E-state index contributed by atoms with van der Waals surface area (Å²) in [5, 5.41) is 3.55. The van der Waals surface area contributed by atoms with Crippen LogP contribution >= 0.6 is 0 Å². The Morgan fingerprint density at radius 2 is 2.06 bits per heavy atom. The minimum absolute atomic E-state index is 0.516. The van der Waals surface area contributed by atoms with Gasteiger partial charge in [0.2, 0.25) is 0 Å². The van der Waals surface area contributed by atoms with Gasteiger partial charge >= 0.3 is 0 Å². The maximum absolute atomic E-state index is 3.55. The first-order valence-electron chi connectivity index (χ1n) is 6.14. The molecular weight excluding hydrogens is 198 g/mol. The molecule has 0 saturated carbocycles. The summed E-state index contributed by atoms with van der Waals surface area (Å²) in [5.74, 6) is 0.698. The normalized spacial score (nSPS) is 27.6. The lowest BCUT2D eigenvalue weighted by molar-refractivity contribution is 0.0978. The topological polar surface area (TPSA) is 20.2 Å². The van der Waals surface area contributed by atoms with Crippen LogP contribution < -0.4 is 5.32 Å². The predicted octanol–water partition coefficient (Wildman–Crippen LogP) is 1.63. The third-order valence-corrected chi connectivity index (χ3v) is 3.72. The van der Waals surface area contributed by atoms with Crippen LogP contribution in [-0.4, -0.2) is 35.6 Å². The van der Waals surface area contributed by atoms with Gasteiger partial charge in [-0.3, -0.25) is 4.90 Å². The van der Waals surface area contributed by atoms with E-state index < -0.39 is 0 Å². The minimum Gasteiger partial charge on any atom is -0.357 e. The van der Waals surface area contributed by atoms with Crippen molar-refractivity contribution >= 4 is 0 Å². The van der Waals surface area contributed by atoms with Crippen LogP contribution in [-0.2, 0) is 7.05 Å². The molecule has 0 aliphatic carbocycles. The number of nitrogens with zero attached hydrogens (tertiary/aromatic N) is 2. The molecule has 0 aromatic carbocycles. The van der Waals surface area contributed by atoms with E-state index in [9.17, 15) is 0 Å². The summed E-state index contributed by atoms with van der Waals surface area (Å²) in [4.78, 5) is 2.52. The van der Waals surface area contributed by atoms with Crippen molar-refractivity contribution in [1.29, 1.82) is 0 Å². The molecule has 16 heavy (non-hydrogen) atoms. The third-order valence-electron chi connectivity index (χ3n) is 3.72. The number of nitrogens with one attached hydrogen (secondary N) is 1. The van der Waals surface area contributed by atoms with Gasteiger partial charge in [-0.15, -0.1) is 0 Å². The van der Waals surface area contributed by atoms with Gasteiger partial charge in [0.15, 0.2) is 0 Å². The van der Waals surface area contributed by atoms with Crippen molar-refractivity contribution in [3.05, 3.63) is 24.0 Å². The first-order valence-corrected chi connectivity index (χ1v) is 6.14. The summed E-state index contributed by atoms with van der Waals surface area (Å²) in [6, 6.07) is 3.38. The largest absolute Gasteiger partial charge is 0.357 e. The number of aromatic nitrogens is 1. The average molecular weight is 221 g/mol. The summed E-state index contributed by atoms with van der Waals surface area (Å²) in [6.07, 6.45) is 4.35. The average Bonchev–Trinajstić information content (AvgIpc) is 2.64. The lowest BCUT2D eigenvalue weighted by atomic mass is 9.96. The highest BCUT2D eigenvalue weighted by atomic mass is 15.2. The molecule has 0 bridgehead atoms. The molecule has 2 atom stereocenters. The highest BCUT2D eigenvalue weighted by Gasteiger charge is 2.30. The monoisotopic (exact) mass is 221 g/mol. The van der Waals surface area contributed by atoms with E-state index in [2.05, 4.69) is 61.2 Å². The number of rotatable bonds is 2. The molecule has 1 aromatic rings. The number of hydrogen-bond acceptors (Lipinski definition) is 2. The van der Waals surface area contributed by atoms with E-state index in [-0.39, 0.29) is 0 Å². The van der Waals surface area contributed by atoms with Crippen molar-refractivity contribution in [3.8, 4) is 0 Å². The molecule has 0 radical (unpaired) electrons. The van der Waals surface area contributed by atoms with Gasteiger partial charge in [-0.05, 0) is 24.6 Å². The van der Waals surface area contributed by atoms with Crippen molar-refractivity contribution in [1.82, 2.24) is 14.8 Å². The molecule has 0 spiro atoms. The molecule has 3 heteroatoms. The van der Waals surface area contributed by atoms with E-state index >= 15 is 0 Å². The van der Waals surface area contributed by atoms with Crippen molar-refractivity contribution < 1.29 is 0 Å². The molecule has 90 valence electrons. The second-order valence-electron chi connectivity index (χ2n) is 5.26. The van der Waals surface area contributed by atoms with Crippen LogP contribution in [0.1, 0.15) is 25.5 Å². The number of aryl methyl sites for hydroxylation is 1. The first kappa shape index (κ1) is 11.7. The molecular formula is C13H23N3. The summed E-state index contributed by atoms with van der Waals surface area (Å²) in [7, 11) is 4.34. The second-order valence-corrected chi connectivity index (χ2v) is 5.26. The van der Waals surface area contributed by atoms with Gasteiger partial charge in [0.05, 0.1) is 0 Å². The molecule has 0 amide bonds. The minimum atomic E-state index is 0.516. The molecule has 1 aromatic heterocycles. The quantitative estimate of drug-likeness (QED) is 0.819. The zero-order chi connectivity index (χ0) is 11.7. The summed E-state index contributed by atoms with van der Waals surface area (Å²) >= 11 is 0. The number of likely N-dealkylation sites (N-methyl/N-ethyl adjacent to an activating group) is 1. The molecule has 1 aliphatic rings. The van der Waals surface area contributed by atoms with Crippen LogP contribution in [0.3, 0.4) is 0 Å². The Balaban J connectivity index is 2.15. The highest BCUT2D eigenvalue weighted by Crippen LogP contribution is 2.26. The van der Waals surface area contributed by atoms with E-state index in [1.54, 1.807) is 0 Å². The fourth-order valence-corrected chi connectivity index (χ4v) is 2.67. The molecule has 2 rings (SSSR count). The molecule has 1 aliphatic heterocycles. The molecule has 1 unspecified atom stereocenters. The fraction of sp³-hybridized carbons (Fsp3) is 0.692. The smallest absolute Gasteiger partial charge is 0.0488 e. The van der Waals surface area contributed by atoms with E-state index in [4.69, 9.17) is 0 Å². The Hall–Kier alpha value is -0.800. The fourth-order valence-electron chi connectivity index (χ4n) is 2.67. The van der Waals surface area contributed by atoms with Crippen LogP contribution in [0, 0.1) is 5.92 Å². The van der Waals surface area contributed by atoms with E-state index in [0.717, 1.165) is 13.1 Å². The van der Waals surface area contributed by atoms with Crippen LogP contribution in [0.2, 0.25) is 0 Å². The van der Waals surface area contributed by atoms with Crippen molar-refractivity contribution in [3.63, 3.8) is 0 Å². The molecule has 1 fully saturated rings. The Labute approximate surface area is 98.4 Å². The Bertz CT molecular complexity index is 343. The lowest BCUT2D eigenvalue weighted by Gasteiger charge is -2.42. The highest BCUT2D eigenvalue weighted by molar-refractivity contribution is 5.17. The van der Waals surface area contributed by atoms with Crippen LogP contribution in [0.4, 0.5) is 0 Å². The third kappa shape index (κ3) is 2.15. The van der Waals surface area contributed by atoms with Gasteiger partial charge in [0, 0.05) is 44.6 Å². The zero-order valence-corrected chi connectivity index (χ0v) is 10.8.